The predicted octanol–water partition coefficient (Wildman–Crippen LogP) is 2.77. The fraction of sp³-hybridized carbons (Fsp3) is 0.348. The van der Waals surface area contributed by atoms with Gasteiger partial charge in [-0.3, -0.25) is 14.6 Å². The van der Waals surface area contributed by atoms with Crippen molar-refractivity contribution in [2.45, 2.75) is 19.4 Å². The molecule has 1 aliphatic rings. The lowest BCUT2D eigenvalue weighted by molar-refractivity contribution is -0.140. The minimum absolute atomic E-state index is 0.0631. The maximum Gasteiger partial charge on any atom is 0.295 e. The SMILES string of the molecule is COc1ccc(C(O)=C2C(=O)C(=O)N(CCCN(C)C)[C@@H]2c2ccccn2)cc1C. The van der Waals surface area contributed by atoms with Gasteiger partial charge in [-0.1, -0.05) is 6.07 Å². The summed E-state index contributed by atoms with van der Waals surface area (Å²) in [5, 5.41) is 11.1. The predicted molar refractivity (Wildman–Crippen MR) is 114 cm³/mol. The van der Waals surface area contributed by atoms with Crippen molar-refractivity contribution in [1.29, 1.82) is 0 Å². The molecule has 0 saturated carbocycles. The Bertz CT molecular complexity index is 970. The summed E-state index contributed by atoms with van der Waals surface area (Å²) in [6.07, 6.45) is 2.32. The van der Waals surface area contributed by atoms with Crippen LogP contribution in [0.15, 0.2) is 48.2 Å². The highest BCUT2D eigenvalue weighted by molar-refractivity contribution is 6.46. The van der Waals surface area contributed by atoms with Gasteiger partial charge in [0.25, 0.3) is 11.7 Å². The Labute approximate surface area is 176 Å². The number of nitrogens with zero attached hydrogens (tertiary/aromatic N) is 3. The Kier molecular flexibility index (Phi) is 6.52. The highest BCUT2D eigenvalue weighted by Crippen LogP contribution is 2.39. The monoisotopic (exact) mass is 409 g/mol. The van der Waals surface area contributed by atoms with Gasteiger partial charge in [-0.15, -0.1) is 0 Å². The Morgan fingerprint density at radius 2 is 2.00 bits per heavy atom. The zero-order valence-electron chi connectivity index (χ0n) is 17.8. The molecule has 1 saturated heterocycles. The van der Waals surface area contributed by atoms with Crippen LogP contribution >= 0.6 is 0 Å². The van der Waals surface area contributed by atoms with E-state index in [-0.39, 0.29) is 11.3 Å². The van der Waals surface area contributed by atoms with E-state index in [0.29, 0.717) is 30.0 Å². The van der Waals surface area contributed by atoms with E-state index in [2.05, 4.69) is 4.98 Å². The van der Waals surface area contributed by atoms with E-state index in [1.807, 2.05) is 25.9 Å². The van der Waals surface area contributed by atoms with Crippen LogP contribution in [-0.4, -0.2) is 65.9 Å². The van der Waals surface area contributed by atoms with Crippen molar-refractivity contribution in [3.05, 3.63) is 65.0 Å². The topological polar surface area (TPSA) is 83.0 Å². The summed E-state index contributed by atoms with van der Waals surface area (Å²) in [5.41, 5.74) is 1.89. The first-order valence-electron chi connectivity index (χ1n) is 9.84. The van der Waals surface area contributed by atoms with Crippen LogP contribution in [0.1, 0.15) is 29.3 Å². The summed E-state index contributed by atoms with van der Waals surface area (Å²) in [4.78, 5) is 33.7. The van der Waals surface area contributed by atoms with Crippen molar-refractivity contribution in [2.75, 3.05) is 34.3 Å². The first kappa shape index (κ1) is 21.5. The molecule has 3 rings (SSSR count). The number of rotatable bonds is 7. The standard InChI is InChI=1S/C23H27N3O4/c1-15-14-16(9-10-18(15)30-4)21(27)19-20(17-8-5-6-11-24-17)26(23(29)22(19)28)13-7-12-25(2)3/h5-6,8-11,14,20,27H,7,12-13H2,1-4H3/t20-/m1/s1. The summed E-state index contributed by atoms with van der Waals surface area (Å²) >= 11 is 0. The molecule has 1 atom stereocenters. The van der Waals surface area contributed by atoms with Crippen molar-refractivity contribution in [1.82, 2.24) is 14.8 Å². The maximum absolute atomic E-state index is 12.9. The largest absolute Gasteiger partial charge is 0.507 e. The van der Waals surface area contributed by atoms with Crippen LogP contribution in [0.5, 0.6) is 5.75 Å². The van der Waals surface area contributed by atoms with Gasteiger partial charge in [0.2, 0.25) is 0 Å². The summed E-state index contributed by atoms with van der Waals surface area (Å²) in [5.74, 6) is -0.834. The number of amides is 1. The molecule has 1 aliphatic heterocycles. The number of methoxy groups -OCH3 is 1. The molecule has 0 aliphatic carbocycles. The van der Waals surface area contributed by atoms with E-state index >= 15 is 0 Å². The highest BCUT2D eigenvalue weighted by atomic mass is 16.5. The van der Waals surface area contributed by atoms with Crippen molar-refractivity contribution < 1.29 is 19.4 Å². The van der Waals surface area contributed by atoms with Crippen LogP contribution in [0.25, 0.3) is 5.76 Å². The van der Waals surface area contributed by atoms with Crippen LogP contribution in [0, 0.1) is 6.92 Å². The average Bonchev–Trinajstić information content (AvgIpc) is 2.98. The van der Waals surface area contributed by atoms with E-state index in [9.17, 15) is 14.7 Å². The Hall–Kier alpha value is -3.19. The summed E-state index contributed by atoms with van der Waals surface area (Å²) in [7, 11) is 5.48. The fourth-order valence-corrected chi connectivity index (χ4v) is 3.69. The highest BCUT2D eigenvalue weighted by Gasteiger charge is 2.46. The molecule has 1 amide bonds. The molecule has 1 fully saturated rings. The molecular weight excluding hydrogens is 382 g/mol. The number of hydrogen-bond acceptors (Lipinski definition) is 6. The number of benzene rings is 1. The number of carbonyl (C=O) groups excluding carboxylic acids is 2. The van der Waals surface area contributed by atoms with Crippen LogP contribution in [0.2, 0.25) is 0 Å². The molecule has 7 heteroatoms. The van der Waals surface area contributed by atoms with Gasteiger partial charge in [-0.25, -0.2) is 0 Å². The van der Waals surface area contributed by atoms with Crippen molar-refractivity contribution in [3.8, 4) is 5.75 Å². The number of ether oxygens (including phenoxy) is 1. The average molecular weight is 409 g/mol. The third kappa shape index (κ3) is 4.21. The second-order valence-electron chi connectivity index (χ2n) is 7.59. The molecule has 158 valence electrons. The summed E-state index contributed by atoms with van der Waals surface area (Å²) in [6, 6.07) is 9.76. The van der Waals surface area contributed by atoms with Crippen LogP contribution < -0.4 is 4.74 Å². The molecule has 2 aromatic rings. The second kappa shape index (κ2) is 9.09. The zero-order chi connectivity index (χ0) is 21.8. The Balaban J connectivity index is 2.08. The normalized spacial score (nSPS) is 18.3. The van der Waals surface area contributed by atoms with Crippen LogP contribution in [-0.2, 0) is 9.59 Å². The zero-order valence-corrected chi connectivity index (χ0v) is 17.8. The third-order valence-corrected chi connectivity index (χ3v) is 5.18. The van der Waals surface area contributed by atoms with E-state index in [4.69, 9.17) is 4.74 Å². The third-order valence-electron chi connectivity index (χ3n) is 5.18. The van der Waals surface area contributed by atoms with E-state index < -0.39 is 17.7 Å². The van der Waals surface area contributed by atoms with E-state index in [1.54, 1.807) is 49.7 Å². The van der Waals surface area contributed by atoms with Gasteiger partial charge in [-0.2, -0.15) is 0 Å². The molecule has 1 aromatic carbocycles. The fourth-order valence-electron chi connectivity index (χ4n) is 3.69. The molecule has 1 N–H and O–H groups in total. The van der Waals surface area contributed by atoms with Gasteiger partial charge in [0.15, 0.2) is 0 Å². The number of pyridine rings is 1. The van der Waals surface area contributed by atoms with Gasteiger partial charge in [0, 0.05) is 18.3 Å². The number of aliphatic hydroxyl groups excluding tert-OH is 1. The van der Waals surface area contributed by atoms with E-state index in [0.717, 1.165) is 12.1 Å². The molecule has 2 heterocycles. The lowest BCUT2D eigenvalue weighted by Crippen LogP contribution is -2.32. The quantitative estimate of drug-likeness (QED) is 0.430. The van der Waals surface area contributed by atoms with Gasteiger partial charge >= 0.3 is 0 Å². The van der Waals surface area contributed by atoms with Crippen molar-refractivity contribution in [2.24, 2.45) is 0 Å². The number of hydrogen-bond donors (Lipinski definition) is 1. The van der Waals surface area contributed by atoms with Crippen LogP contribution in [0.3, 0.4) is 0 Å². The van der Waals surface area contributed by atoms with Gasteiger partial charge in [0.05, 0.1) is 18.4 Å². The lowest BCUT2D eigenvalue weighted by Gasteiger charge is -2.25. The number of aliphatic hydroxyl groups is 1. The number of Topliss-reactive ketones (excluding diaryl/α,β-unsaturated/α-hetero) is 1. The van der Waals surface area contributed by atoms with E-state index in [1.165, 1.54) is 4.90 Å². The number of aryl methyl sites for hydroxylation is 1. The van der Waals surface area contributed by atoms with Crippen molar-refractivity contribution >= 4 is 17.4 Å². The molecule has 0 spiro atoms. The summed E-state index contributed by atoms with van der Waals surface area (Å²) < 4.78 is 5.27. The minimum Gasteiger partial charge on any atom is -0.507 e. The minimum atomic E-state index is -0.726. The number of aromatic nitrogens is 1. The maximum atomic E-state index is 12.9. The molecule has 7 nitrogen and oxygen atoms in total. The molecule has 30 heavy (non-hydrogen) atoms. The second-order valence-corrected chi connectivity index (χ2v) is 7.59. The molecule has 0 unspecified atom stereocenters. The Morgan fingerprint density at radius 3 is 2.60 bits per heavy atom. The molecular formula is C23H27N3O4. The van der Waals surface area contributed by atoms with Gasteiger partial charge < -0.3 is 19.6 Å². The number of likely N-dealkylation sites (tertiary alicyclic amines) is 1. The van der Waals surface area contributed by atoms with Gasteiger partial charge in [-0.05, 0) is 69.9 Å². The lowest BCUT2D eigenvalue weighted by atomic mass is 9.97. The first-order valence-corrected chi connectivity index (χ1v) is 9.84. The molecule has 1 aromatic heterocycles. The van der Waals surface area contributed by atoms with Gasteiger partial charge in [0.1, 0.15) is 17.6 Å². The van der Waals surface area contributed by atoms with Crippen molar-refractivity contribution in [3.63, 3.8) is 0 Å². The van der Waals surface area contributed by atoms with Crippen LogP contribution in [0.4, 0.5) is 0 Å². The molecule has 0 bridgehead atoms. The number of ketones is 1. The number of carbonyl (C=O) groups is 2. The smallest absolute Gasteiger partial charge is 0.295 e. The first-order chi connectivity index (χ1) is 14.3. The Morgan fingerprint density at radius 1 is 1.23 bits per heavy atom. The molecule has 0 radical (unpaired) electrons. The summed E-state index contributed by atoms with van der Waals surface area (Å²) in [6.45, 7) is 3.02.